The van der Waals surface area contributed by atoms with Crippen LogP contribution in [-0.4, -0.2) is 24.0 Å². The molecule has 1 nitrogen and oxygen atoms in total. The van der Waals surface area contributed by atoms with Crippen molar-refractivity contribution in [3.05, 3.63) is 35.1 Å². The van der Waals surface area contributed by atoms with Crippen LogP contribution in [-0.2, 0) is 0 Å². The molecular formula is C19H26FN. The maximum absolute atomic E-state index is 13.5. The molecule has 2 heteroatoms. The fraction of sp³-hybridized carbons (Fsp3) is 0.684. The highest BCUT2D eigenvalue weighted by atomic mass is 19.1. The summed E-state index contributed by atoms with van der Waals surface area (Å²) in [7, 11) is 0. The molecule has 0 spiro atoms. The molecule has 1 aliphatic heterocycles. The molecule has 1 aromatic rings. The first-order chi connectivity index (χ1) is 10.2. The van der Waals surface area contributed by atoms with Gasteiger partial charge in [-0.2, -0.15) is 0 Å². The van der Waals surface area contributed by atoms with Crippen LogP contribution < -0.4 is 0 Å². The second-order valence-corrected chi connectivity index (χ2v) is 7.55. The van der Waals surface area contributed by atoms with Crippen molar-refractivity contribution in [1.29, 1.82) is 0 Å². The lowest BCUT2D eigenvalue weighted by atomic mass is 9.85. The molecule has 2 aliphatic carbocycles. The van der Waals surface area contributed by atoms with E-state index in [9.17, 15) is 4.39 Å². The molecule has 1 heterocycles. The number of nitrogens with zero attached hydrogens (tertiary/aromatic N) is 1. The van der Waals surface area contributed by atoms with Crippen molar-refractivity contribution in [2.75, 3.05) is 13.1 Å². The van der Waals surface area contributed by atoms with Gasteiger partial charge in [0.05, 0.1) is 0 Å². The smallest absolute Gasteiger partial charge is 0.123 e. The SMILES string of the molecule is Cc1ccc(F)cc1C1CCN([C@@H]2C[C@H]3CCC2C3)CC1. The molecule has 3 fully saturated rings. The Labute approximate surface area is 127 Å². The van der Waals surface area contributed by atoms with Crippen LogP contribution in [0.5, 0.6) is 0 Å². The minimum absolute atomic E-state index is 0.0777. The van der Waals surface area contributed by atoms with Crippen LogP contribution in [0.3, 0.4) is 0 Å². The molecule has 21 heavy (non-hydrogen) atoms. The lowest BCUT2D eigenvalue weighted by Gasteiger charge is -2.40. The Balaban J connectivity index is 1.41. The predicted octanol–water partition coefficient (Wildman–Crippen LogP) is 4.50. The summed E-state index contributed by atoms with van der Waals surface area (Å²) in [4.78, 5) is 2.76. The molecule has 0 radical (unpaired) electrons. The number of halogens is 1. The van der Waals surface area contributed by atoms with Gasteiger partial charge in [-0.05, 0) is 93.1 Å². The van der Waals surface area contributed by atoms with Gasteiger partial charge in [-0.3, -0.25) is 0 Å². The molecule has 3 aliphatic rings. The first kappa shape index (κ1) is 13.8. The van der Waals surface area contributed by atoms with Crippen molar-refractivity contribution < 1.29 is 4.39 Å². The molecule has 1 unspecified atom stereocenters. The van der Waals surface area contributed by atoms with Crippen LogP contribution in [0.1, 0.15) is 55.6 Å². The summed E-state index contributed by atoms with van der Waals surface area (Å²) in [6.45, 7) is 4.56. The summed E-state index contributed by atoms with van der Waals surface area (Å²) in [5, 5.41) is 0. The zero-order valence-electron chi connectivity index (χ0n) is 13.0. The summed E-state index contributed by atoms with van der Waals surface area (Å²) in [6.07, 6.45) is 8.32. The largest absolute Gasteiger partial charge is 0.300 e. The average molecular weight is 287 g/mol. The van der Waals surface area contributed by atoms with E-state index < -0.39 is 0 Å². The summed E-state index contributed by atoms with van der Waals surface area (Å²) in [6, 6.07) is 6.17. The highest BCUT2D eigenvalue weighted by Gasteiger charge is 2.42. The van der Waals surface area contributed by atoms with Crippen molar-refractivity contribution >= 4 is 0 Å². The van der Waals surface area contributed by atoms with Crippen LogP contribution in [0, 0.1) is 24.6 Å². The first-order valence-electron chi connectivity index (χ1n) is 8.71. The lowest BCUT2D eigenvalue weighted by molar-refractivity contribution is 0.110. The van der Waals surface area contributed by atoms with E-state index in [-0.39, 0.29) is 5.82 Å². The number of aryl methyl sites for hydroxylation is 1. The molecule has 1 aromatic carbocycles. The summed E-state index contributed by atoms with van der Waals surface area (Å²) < 4.78 is 13.5. The van der Waals surface area contributed by atoms with E-state index in [2.05, 4.69) is 11.8 Å². The summed E-state index contributed by atoms with van der Waals surface area (Å²) >= 11 is 0. The minimum atomic E-state index is -0.0777. The number of hydrogen-bond acceptors (Lipinski definition) is 1. The van der Waals surface area contributed by atoms with Gasteiger partial charge in [0, 0.05) is 6.04 Å². The van der Waals surface area contributed by atoms with Crippen LogP contribution in [0.2, 0.25) is 0 Å². The van der Waals surface area contributed by atoms with E-state index in [1.165, 1.54) is 62.7 Å². The number of benzene rings is 1. The maximum Gasteiger partial charge on any atom is 0.123 e. The first-order valence-corrected chi connectivity index (χ1v) is 8.71. The van der Waals surface area contributed by atoms with E-state index in [0.717, 1.165) is 17.9 Å². The third-order valence-electron chi connectivity index (χ3n) is 6.38. The minimum Gasteiger partial charge on any atom is -0.300 e. The standard InChI is InChI=1S/C19H26FN/c1-13-2-5-17(20)12-18(13)15-6-8-21(9-7-15)19-11-14-3-4-16(19)10-14/h2,5,12,14-16,19H,3-4,6-11H2,1H3/t14-,16?,19+/m0/s1. The van der Waals surface area contributed by atoms with Crippen molar-refractivity contribution in [2.24, 2.45) is 11.8 Å². The van der Waals surface area contributed by atoms with Gasteiger partial charge >= 0.3 is 0 Å². The van der Waals surface area contributed by atoms with E-state index >= 15 is 0 Å². The highest BCUT2D eigenvalue weighted by Crippen LogP contribution is 2.47. The van der Waals surface area contributed by atoms with Gasteiger partial charge in [0.25, 0.3) is 0 Å². The highest BCUT2D eigenvalue weighted by molar-refractivity contribution is 5.30. The molecule has 0 N–H and O–H groups in total. The van der Waals surface area contributed by atoms with E-state index in [0.29, 0.717) is 5.92 Å². The Morgan fingerprint density at radius 3 is 2.52 bits per heavy atom. The fourth-order valence-electron chi connectivity index (χ4n) is 5.25. The Hall–Kier alpha value is -0.890. The number of likely N-dealkylation sites (tertiary alicyclic amines) is 1. The molecule has 0 amide bonds. The van der Waals surface area contributed by atoms with Gasteiger partial charge < -0.3 is 4.90 Å². The maximum atomic E-state index is 13.5. The van der Waals surface area contributed by atoms with Crippen molar-refractivity contribution in [1.82, 2.24) is 4.90 Å². The lowest BCUT2D eigenvalue weighted by Crippen LogP contribution is -2.43. The van der Waals surface area contributed by atoms with E-state index in [4.69, 9.17) is 0 Å². The zero-order valence-corrected chi connectivity index (χ0v) is 13.0. The van der Waals surface area contributed by atoms with Crippen LogP contribution in [0.25, 0.3) is 0 Å². The van der Waals surface area contributed by atoms with Crippen LogP contribution in [0.15, 0.2) is 18.2 Å². The van der Waals surface area contributed by atoms with Gasteiger partial charge in [-0.15, -0.1) is 0 Å². The normalized spacial score (nSPS) is 33.7. The monoisotopic (exact) mass is 287 g/mol. The van der Waals surface area contributed by atoms with Crippen molar-refractivity contribution in [3.63, 3.8) is 0 Å². The van der Waals surface area contributed by atoms with Gasteiger partial charge in [0.15, 0.2) is 0 Å². The number of rotatable bonds is 2. The van der Waals surface area contributed by atoms with Crippen molar-refractivity contribution in [2.45, 2.75) is 57.4 Å². The second-order valence-electron chi connectivity index (χ2n) is 7.55. The molecular weight excluding hydrogens is 261 g/mol. The fourth-order valence-corrected chi connectivity index (χ4v) is 5.25. The summed E-state index contributed by atoms with van der Waals surface area (Å²) in [5.41, 5.74) is 2.51. The molecule has 3 atom stereocenters. The summed E-state index contributed by atoms with van der Waals surface area (Å²) in [5.74, 6) is 2.51. The average Bonchev–Trinajstić information content (AvgIpc) is 3.13. The Kier molecular flexibility index (Phi) is 3.53. The van der Waals surface area contributed by atoms with E-state index in [1.54, 1.807) is 12.1 Å². The molecule has 0 aromatic heterocycles. The third-order valence-corrected chi connectivity index (χ3v) is 6.38. The van der Waals surface area contributed by atoms with E-state index in [1.807, 2.05) is 6.07 Å². The quantitative estimate of drug-likeness (QED) is 0.774. The molecule has 1 saturated heterocycles. The molecule has 2 saturated carbocycles. The third kappa shape index (κ3) is 2.52. The predicted molar refractivity (Wildman–Crippen MR) is 83.9 cm³/mol. The Morgan fingerprint density at radius 1 is 1.05 bits per heavy atom. The number of piperidine rings is 1. The van der Waals surface area contributed by atoms with Gasteiger partial charge in [-0.25, -0.2) is 4.39 Å². The van der Waals surface area contributed by atoms with Gasteiger partial charge in [0.1, 0.15) is 5.82 Å². The number of hydrogen-bond donors (Lipinski definition) is 0. The Bertz CT molecular complexity index is 518. The molecule has 4 rings (SSSR count). The van der Waals surface area contributed by atoms with Gasteiger partial charge in [0.2, 0.25) is 0 Å². The molecule has 114 valence electrons. The number of fused-ring (bicyclic) bond motifs is 2. The van der Waals surface area contributed by atoms with Crippen LogP contribution >= 0.6 is 0 Å². The zero-order chi connectivity index (χ0) is 14.4. The van der Waals surface area contributed by atoms with Crippen LogP contribution in [0.4, 0.5) is 4.39 Å². The van der Waals surface area contributed by atoms with Crippen molar-refractivity contribution in [3.8, 4) is 0 Å². The van der Waals surface area contributed by atoms with Gasteiger partial charge in [-0.1, -0.05) is 12.5 Å². The molecule has 2 bridgehead atoms. The Morgan fingerprint density at radius 2 is 1.86 bits per heavy atom. The second kappa shape index (κ2) is 5.39. The topological polar surface area (TPSA) is 3.24 Å².